The standard InChI is InChI=1S/C10H7BrN2O2S2/c1-5(14)6-4-16-10(12-6)13-9(15)7-2-3-8(11)17-7/h2-4H,1H3,(H,12,13,15). The second-order valence-electron chi connectivity index (χ2n) is 3.15. The molecule has 7 heteroatoms. The van der Waals surface area contributed by atoms with Crippen molar-refractivity contribution in [3.05, 3.63) is 31.9 Å². The number of rotatable bonds is 3. The number of hydrogen-bond donors (Lipinski definition) is 1. The van der Waals surface area contributed by atoms with E-state index in [0.717, 1.165) is 3.79 Å². The van der Waals surface area contributed by atoms with Crippen molar-refractivity contribution in [2.75, 3.05) is 5.32 Å². The molecule has 2 rings (SSSR count). The first-order valence-electron chi connectivity index (χ1n) is 4.59. The number of thiophene rings is 1. The molecule has 88 valence electrons. The molecule has 0 aliphatic carbocycles. The molecule has 0 saturated carbocycles. The summed E-state index contributed by atoms with van der Waals surface area (Å²) in [6, 6.07) is 3.53. The van der Waals surface area contributed by atoms with Crippen molar-refractivity contribution in [3.63, 3.8) is 0 Å². The third-order valence-corrected chi connectivity index (χ3v) is 4.26. The van der Waals surface area contributed by atoms with Crippen molar-refractivity contribution < 1.29 is 9.59 Å². The molecule has 0 aliphatic heterocycles. The number of ketones is 1. The summed E-state index contributed by atoms with van der Waals surface area (Å²) in [7, 11) is 0. The van der Waals surface area contributed by atoms with E-state index >= 15 is 0 Å². The number of nitrogens with zero attached hydrogens (tertiary/aromatic N) is 1. The van der Waals surface area contributed by atoms with Gasteiger partial charge >= 0.3 is 0 Å². The molecule has 0 radical (unpaired) electrons. The number of hydrogen-bond acceptors (Lipinski definition) is 5. The van der Waals surface area contributed by atoms with Crippen molar-refractivity contribution >= 4 is 55.4 Å². The number of Topliss-reactive ketones (excluding diaryl/α,β-unsaturated/α-hetero) is 1. The van der Waals surface area contributed by atoms with Gasteiger partial charge in [0.1, 0.15) is 5.69 Å². The lowest BCUT2D eigenvalue weighted by Gasteiger charge is -1.97. The van der Waals surface area contributed by atoms with Crippen molar-refractivity contribution in [1.82, 2.24) is 4.98 Å². The van der Waals surface area contributed by atoms with Crippen LogP contribution in [0.4, 0.5) is 5.13 Å². The number of halogens is 1. The van der Waals surface area contributed by atoms with Gasteiger partial charge in [0.25, 0.3) is 5.91 Å². The summed E-state index contributed by atoms with van der Waals surface area (Å²) < 4.78 is 0.895. The van der Waals surface area contributed by atoms with Gasteiger partial charge in [0, 0.05) is 12.3 Å². The van der Waals surface area contributed by atoms with E-state index in [-0.39, 0.29) is 11.7 Å². The molecular weight excluding hydrogens is 324 g/mol. The van der Waals surface area contributed by atoms with Crippen LogP contribution >= 0.6 is 38.6 Å². The topological polar surface area (TPSA) is 59.1 Å². The zero-order valence-electron chi connectivity index (χ0n) is 8.69. The maximum atomic E-state index is 11.8. The Morgan fingerprint density at radius 2 is 2.18 bits per heavy atom. The fourth-order valence-electron chi connectivity index (χ4n) is 1.09. The molecule has 0 saturated heterocycles. The summed E-state index contributed by atoms with van der Waals surface area (Å²) in [4.78, 5) is 27.4. The van der Waals surface area contributed by atoms with E-state index in [4.69, 9.17) is 0 Å². The Balaban J connectivity index is 2.10. The van der Waals surface area contributed by atoms with Crippen LogP contribution in [-0.4, -0.2) is 16.7 Å². The van der Waals surface area contributed by atoms with E-state index in [1.165, 1.54) is 29.6 Å². The minimum Gasteiger partial charge on any atom is -0.297 e. The van der Waals surface area contributed by atoms with Crippen molar-refractivity contribution in [1.29, 1.82) is 0 Å². The summed E-state index contributed by atoms with van der Waals surface area (Å²) in [5, 5.41) is 4.71. The molecule has 1 N–H and O–H groups in total. The van der Waals surface area contributed by atoms with Crippen LogP contribution in [0.25, 0.3) is 0 Å². The number of anilines is 1. The van der Waals surface area contributed by atoms with E-state index in [1.807, 2.05) is 6.07 Å². The Bertz CT molecular complexity index is 576. The summed E-state index contributed by atoms with van der Waals surface area (Å²) >= 11 is 5.87. The van der Waals surface area contributed by atoms with E-state index in [0.29, 0.717) is 15.7 Å². The largest absolute Gasteiger partial charge is 0.297 e. The first-order chi connectivity index (χ1) is 8.06. The molecule has 0 unspecified atom stereocenters. The maximum Gasteiger partial charge on any atom is 0.267 e. The van der Waals surface area contributed by atoms with Crippen LogP contribution in [0.3, 0.4) is 0 Å². The highest BCUT2D eigenvalue weighted by atomic mass is 79.9. The SMILES string of the molecule is CC(=O)c1csc(NC(=O)c2ccc(Br)s2)n1. The summed E-state index contributed by atoms with van der Waals surface area (Å²) in [6.45, 7) is 1.44. The number of thiazole rings is 1. The van der Waals surface area contributed by atoms with Crippen LogP contribution in [0.5, 0.6) is 0 Å². The molecule has 0 spiro atoms. The highest BCUT2D eigenvalue weighted by Gasteiger charge is 2.12. The van der Waals surface area contributed by atoms with Gasteiger partial charge in [-0.1, -0.05) is 0 Å². The van der Waals surface area contributed by atoms with Gasteiger partial charge in [-0.05, 0) is 28.1 Å². The van der Waals surface area contributed by atoms with Crippen molar-refractivity contribution in [2.24, 2.45) is 0 Å². The van der Waals surface area contributed by atoms with Crippen LogP contribution in [-0.2, 0) is 0 Å². The third kappa shape index (κ3) is 2.99. The number of carbonyl (C=O) groups excluding carboxylic acids is 2. The zero-order valence-corrected chi connectivity index (χ0v) is 11.9. The molecule has 0 atom stereocenters. The van der Waals surface area contributed by atoms with Gasteiger partial charge in [-0.3, -0.25) is 14.9 Å². The van der Waals surface area contributed by atoms with Gasteiger partial charge in [-0.2, -0.15) is 0 Å². The molecule has 0 aliphatic rings. The van der Waals surface area contributed by atoms with E-state index in [2.05, 4.69) is 26.2 Å². The molecule has 0 bridgehead atoms. The first-order valence-corrected chi connectivity index (χ1v) is 7.08. The fraction of sp³-hybridized carbons (Fsp3) is 0.100. The number of carbonyl (C=O) groups is 2. The number of amides is 1. The molecule has 0 fully saturated rings. The highest BCUT2D eigenvalue weighted by Crippen LogP contribution is 2.23. The maximum absolute atomic E-state index is 11.8. The van der Waals surface area contributed by atoms with Crippen molar-refractivity contribution in [3.8, 4) is 0 Å². The lowest BCUT2D eigenvalue weighted by Crippen LogP contribution is -2.10. The Hall–Kier alpha value is -1.05. The monoisotopic (exact) mass is 330 g/mol. The van der Waals surface area contributed by atoms with Crippen LogP contribution in [0.2, 0.25) is 0 Å². The van der Waals surface area contributed by atoms with Gasteiger partial charge in [-0.25, -0.2) is 4.98 Å². The molecule has 2 heterocycles. The van der Waals surface area contributed by atoms with Gasteiger partial charge in [0.05, 0.1) is 8.66 Å². The molecule has 4 nitrogen and oxygen atoms in total. The minimum absolute atomic E-state index is 0.111. The average molecular weight is 331 g/mol. The highest BCUT2D eigenvalue weighted by molar-refractivity contribution is 9.11. The van der Waals surface area contributed by atoms with Crippen LogP contribution in [0, 0.1) is 0 Å². The predicted molar refractivity (Wildman–Crippen MR) is 72.1 cm³/mol. The Labute approximate surface area is 114 Å². The van der Waals surface area contributed by atoms with E-state index < -0.39 is 0 Å². The Morgan fingerprint density at radius 3 is 2.71 bits per heavy atom. The normalized spacial score (nSPS) is 10.2. The van der Waals surface area contributed by atoms with E-state index in [1.54, 1.807) is 11.4 Å². The Morgan fingerprint density at radius 1 is 1.41 bits per heavy atom. The predicted octanol–water partition coefficient (Wildman–Crippen LogP) is 3.42. The number of nitrogens with one attached hydrogen (secondary N) is 1. The van der Waals surface area contributed by atoms with Crippen LogP contribution in [0.1, 0.15) is 27.1 Å². The van der Waals surface area contributed by atoms with E-state index in [9.17, 15) is 9.59 Å². The van der Waals surface area contributed by atoms with Gasteiger partial charge in [-0.15, -0.1) is 22.7 Å². The van der Waals surface area contributed by atoms with Gasteiger partial charge in [0.15, 0.2) is 10.9 Å². The second kappa shape index (κ2) is 5.07. The lowest BCUT2D eigenvalue weighted by molar-refractivity contribution is 0.100. The average Bonchev–Trinajstić information content (AvgIpc) is 2.86. The number of aromatic nitrogens is 1. The minimum atomic E-state index is -0.217. The smallest absolute Gasteiger partial charge is 0.267 e. The zero-order chi connectivity index (χ0) is 12.4. The molecular formula is C10H7BrN2O2S2. The van der Waals surface area contributed by atoms with Crippen molar-refractivity contribution in [2.45, 2.75) is 6.92 Å². The summed E-state index contributed by atoms with van der Waals surface area (Å²) in [5.41, 5.74) is 0.373. The van der Waals surface area contributed by atoms with Crippen LogP contribution < -0.4 is 5.32 Å². The molecule has 2 aromatic rings. The molecule has 17 heavy (non-hydrogen) atoms. The van der Waals surface area contributed by atoms with Crippen LogP contribution in [0.15, 0.2) is 21.3 Å². The first kappa shape index (κ1) is 12.4. The fourth-order valence-corrected chi connectivity index (χ4v) is 3.11. The molecule has 1 amide bonds. The Kier molecular flexibility index (Phi) is 3.70. The third-order valence-electron chi connectivity index (χ3n) is 1.88. The van der Waals surface area contributed by atoms with Gasteiger partial charge < -0.3 is 0 Å². The molecule has 2 aromatic heterocycles. The van der Waals surface area contributed by atoms with Gasteiger partial charge in [0.2, 0.25) is 0 Å². The second-order valence-corrected chi connectivity index (χ2v) is 6.47. The summed E-state index contributed by atoms with van der Waals surface area (Å²) in [5.74, 6) is -0.328. The lowest BCUT2D eigenvalue weighted by atomic mass is 10.4. The summed E-state index contributed by atoms with van der Waals surface area (Å²) in [6.07, 6.45) is 0. The molecule has 0 aromatic carbocycles. The quantitative estimate of drug-likeness (QED) is 0.877.